The third-order valence-electron chi connectivity index (χ3n) is 3.48. The van der Waals surface area contributed by atoms with Crippen molar-refractivity contribution in [2.45, 2.75) is 31.7 Å². The van der Waals surface area contributed by atoms with Gasteiger partial charge in [0.05, 0.1) is 11.0 Å². The summed E-state index contributed by atoms with van der Waals surface area (Å²) in [4.78, 5) is 4.67. The fraction of sp³-hybridized carbons (Fsp3) is 0.462. The van der Waals surface area contributed by atoms with E-state index >= 15 is 0 Å². The molecular formula is C13H14Cl2N2. The Labute approximate surface area is 111 Å². The minimum absolute atomic E-state index is 0.594. The standard InChI is InChI=1S/C13H14Cl2N2/c14-7-6-13-16-11-5-4-9(15)8-12(11)17(13)10-2-1-3-10/h4-5,8,10H,1-3,6-7H2. The number of imidazole rings is 1. The molecule has 2 aromatic rings. The smallest absolute Gasteiger partial charge is 0.111 e. The molecule has 1 aromatic heterocycles. The summed E-state index contributed by atoms with van der Waals surface area (Å²) >= 11 is 11.9. The zero-order valence-corrected chi connectivity index (χ0v) is 11.0. The van der Waals surface area contributed by atoms with Crippen LogP contribution >= 0.6 is 23.2 Å². The lowest BCUT2D eigenvalue weighted by Crippen LogP contribution is -2.19. The molecule has 0 aliphatic heterocycles. The molecule has 3 rings (SSSR count). The summed E-state index contributed by atoms with van der Waals surface area (Å²) in [7, 11) is 0. The SMILES string of the molecule is ClCCc1nc2ccc(Cl)cc2n1C1CCC1. The Bertz CT molecular complexity index is 544. The highest BCUT2D eigenvalue weighted by Gasteiger charge is 2.24. The highest BCUT2D eigenvalue weighted by molar-refractivity contribution is 6.31. The third-order valence-corrected chi connectivity index (χ3v) is 3.91. The Morgan fingerprint density at radius 3 is 2.82 bits per heavy atom. The predicted molar refractivity (Wildman–Crippen MR) is 72.1 cm³/mol. The summed E-state index contributed by atoms with van der Waals surface area (Å²) in [6.45, 7) is 0. The summed E-state index contributed by atoms with van der Waals surface area (Å²) in [5.74, 6) is 1.71. The van der Waals surface area contributed by atoms with Crippen molar-refractivity contribution in [1.82, 2.24) is 9.55 Å². The van der Waals surface area contributed by atoms with Crippen LogP contribution in [0.1, 0.15) is 31.1 Å². The third kappa shape index (κ3) is 1.94. The van der Waals surface area contributed by atoms with E-state index < -0.39 is 0 Å². The van der Waals surface area contributed by atoms with E-state index in [0.29, 0.717) is 11.9 Å². The molecule has 0 atom stereocenters. The number of alkyl halides is 1. The first-order chi connectivity index (χ1) is 8.29. The molecular weight excluding hydrogens is 255 g/mol. The quantitative estimate of drug-likeness (QED) is 0.764. The first kappa shape index (κ1) is 11.4. The summed E-state index contributed by atoms with van der Waals surface area (Å²) < 4.78 is 2.34. The number of hydrogen-bond donors (Lipinski definition) is 0. The number of nitrogens with zero attached hydrogens (tertiary/aromatic N) is 2. The Kier molecular flexibility index (Phi) is 3.01. The Morgan fingerprint density at radius 1 is 1.35 bits per heavy atom. The monoisotopic (exact) mass is 268 g/mol. The first-order valence-electron chi connectivity index (χ1n) is 6.02. The van der Waals surface area contributed by atoms with Gasteiger partial charge < -0.3 is 4.57 Å². The minimum atomic E-state index is 0.594. The molecule has 0 bridgehead atoms. The fourth-order valence-electron chi connectivity index (χ4n) is 2.43. The molecule has 0 amide bonds. The van der Waals surface area contributed by atoms with Gasteiger partial charge in [0, 0.05) is 23.4 Å². The van der Waals surface area contributed by atoms with Crippen molar-refractivity contribution in [2.24, 2.45) is 0 Å². The van der Waals surface area contributed by atoms with Gasteiger partial charge in [-0.25, -0.2) is 4.98 Å². The second-order valence-electron chi connectivity index (χ2n) is 4.55. The van der Waals surface area contributed by atoms with Gasteiger partial charge >= 0.3 is 0 Å². The lowest BCUT2D eigenvalue weighted by molar-refractivity contribution is 0.314. The average Bonchev–Trinajstić information content (AvgIpc) is 2.56. The molecule has 17 heavy (non-hydrogen) atoms. The topological polar surface area (TPSA) is 17.8 Å². The zero-order valence-electron chi connectivity index (χ0n) is 9.50. The summed E-state index contributed by atoms with van der Waals surface area (Å²) in [6.07, 6.45) is 4.62. The molecule has 1 fully saturated rings. The molecule has 1 aliphatic rings. The molecule has 0 spiro atoms. The van der Waals surface area contributed by atoms with Crippen LogP contribution in [0, 0.1) is 0 Å². The molecule has 0 N–H and O–H groups in total. The molecule has 4 heteroatoms. The van der Waals surface area contributed by atoms with Crippen LogP contribution in [0.3, 0.4) is 0 Å². The zero-order chi connectivity index (χ0) is 11.8. The van der Waals surface area contributed by atoms with Crippen LogP contribution in [0.15, 0.2) is 18.2 Å². The van der Waals surface area contributed by atoms with Crippen molar-refractivity contribution in [3.05, 3.63) is 29.0 Å². The van der Waals surface area contributed by atoms with Gasteiger partial charge in [-0.15, -0.1) is 11.6 Å². The number of halogens is 2. The van der Waals surface area contributed by atoms with Crippen LogP contribution < -0.4 is 0 Å². The predicted octanol–water partition coefficient (Wildman–Crippen LogP) is 4.20. The van der Waals surface area contributed by atoms with Gasteiger partial charge in [0.2, 0.25) is 0 Å². The number of aromatic nitrogens is 2. The Morgan fingerprint density at radius 2 is 2.18 bits per heavy atom. The van der Waals surface area contributed by atoms with E-state index in [-0.39, 0.29) is 0 Å². The second kappa shape index (κ2) is 4.51. The van der Waals surface area contributed by atoms with Crippen LogP contribution in [0.2, 0.25) is 5.02 Å². The van der Waals surface area contributed by atoms with Gasteiger partial charge in [-0.2, -0.15) is 0 Å². The fourth-order valence-corrected chi connectivity index (χ4v) is 2.76. The summed E-state index contributed by atoms with van der Waals surface area (Å²) in [6, 6.07) is 6.49. The van der Waals surface area contributed by atoms with E-state index in [2.05, 4.69) is 9.55 Å². The van der Waals surface area contributed by atoms with Crippen LogP contribution in [0.4, 0.5) is 0 Å². The first-order valence-corrected chi connectivity index (χ1v) is 6.93. The lowest BCUT2D eigenvalue weighted by atomic mass is 9.92. The van der Waals surface area contributed by atoms with Crippen molar-refractivity contribution in [1.29, 1.82) is 0 Å². The normalized spacial score (nSPS) is 16.4. The van der Waals surface area contributed by atoms with E-state index in [9.17, 15) is 0 Å². The number of rotatable bonds is 3. The molecule has 1 aliphatic carbocycles. The van der Waals surface area contributed by atoms with E-state index in [4.69, 9.17) is 23.2 Å². The average molecular weight is 269 g/mol. The number of aryl methyl sites for hydroxylation is 1. The molecule has 1 heterocycles. The molecule has 1 saturated carbocycles. The molecule has 2 nitrogen and oxygen atoms in total. The summed E-state index contributed by atoms with van der Waals surface area (Å²) in [5, 5.41) is 0.774. The van der Waals surface area contributed by atoms with Crippen molar-refractivity contribution in [2.75, 3.05) is 5.88 Å². The molecule has 0 saturated heterocycles. The van der Waals surface area contributed by atoms with E-state index in [0.717, 1.165) is 28.3 Å². The van der Waals surface area contributed by atoms with Crippen LogP contribution in [0.25, 0.3) is 11.0 Å². The van der Waals surface area contributed by atoms with Gasteiger partial charge in [-0.3, -0.25) is 0 Å². The number of fused-ring (bicyclic) bond motifs is 1. The van der Waals surface area contributed by atoms with Crippen molar-refractivity contribution in [3.63, 3.8) is 0 Å². The maximum Gasteiger partial charge on any atom is 0.111 e. The second-order valence-corrected chi connectivity index (χ2v) is 5.37. The number of hydrogen-bond acceptors (Lipinski definition) is 1. The van der Waals surface area contributed by atoms with Crippen LogP contribution in [-0.4, -0.2) is 15.4 Å². The minimum Gasteiger partial charge on any atom is -0.325 e. The highest BCUT2D eigenvalue weighted by atomic mass is 35.5. The van der Waals surface area contributed by atoms with Gasteiger partial charge in [-0.05, 0) is 37.5 Å². The van der Waals surface area contributed by atoms with E-state index in [1.54, 1.807) is 0 Å². The molecule has 0 radical (unpaired) electrons. The Balaban J connectivity index is 2.17. The van der Waals surface area contributed by atoms with Gasteiger partial charge in [-0.1, -0.05) is 11.6 Å². The van der Waals surface area contributed by atoms with Gasteiger partial charge in [0.15, 0.2) is 0 Å². The summed E-state index contributed by atoms with van der Waals surface area (Å²) in [5.41, 5.74) is 2.18. The maximum absolute atomic E-state index is 6.08. The van der Waals surface area contributed by atoms with Crippen LogP contribution in [-0.2, 0) is 6.42 Å². The number of benzene rings is 1. The van der Waals surface area contributed by atoms with Crippen molar-refractivity contribution < 1.29 is 0 Å². The van der Waals surface area contributed by atoms with E-state index in [1.165, 1.54) is 19.3 Å². The van der Waals surface area contributed by atoms with Gasteiger partial charge in [0.25, 0.3) is 0 Å². The maximum atomic E-state index is 6.08. The van der Waals surface area contributed by atoms with Gasteiger partial charge in [0.1, 0.15) is 5.82 Å². The lowest BCUT2D eigenvalue weighted by Gasteiger charge is -2.29. The molecule has 90 valence electrons. The highest BCUT2D eigenvalue weighted by Crippen LogP contribution is 2.36. The van der Waals surface area contributed by atoms with Crippen LogP contribution in [0.5, 0.6) is 0 Å². The van der Waals surface area contributed by atoms with Crippen molar-refractivity contribution >= 4 is 34.2 Å². The molecule has 1 aromatic carbocycles. The molecule has 0 unspecified atom stereocenters. The van der Waals surface area contributed by atoms with Crippen molar-refractivity contribution in [3.8, 4) is 0 Å². The Hall–Kier alpha value is -0.730. The van der Waals surface area contributed by atoms with E-state index in [1.807, 2.05) is 18.2 Å². The largest absolute Gasteiger partial charge is 0.325 e.